The van der Waals surface area contributed by atoms with Gasteiger partial charge in [-0.05, 0) is 5.92 Å². The second-order valence-corrected chi connectivity index (χ2v) is 7.06. The van der Waals surface area contributed by atoms with E-state index >= 15 is 0 Å². The quantitative estimate of drug-likeness (QED) is 0.897. The van der Waals surface area contributed by atoms with Crippen molar-refractivity contribution in [3.63, 3.8) is 0 Å². The largest absolute Gasteiger partial charge is 0.344 e. The van der Waals surface area contributed by atoms with E-state index in [9.17, 15) is 9.59 Å². The van der Waals surface area contributed by atoms with Crippen LogP contribution in [-0.4, -0.2) is 22.8 Å². The highest BCUT2D eigenvalue weighted by molar-refractivity contribution is 7.14. The Morgan fingerprint density at radius 2 is 1.90 bits per heavy atom. The Morgan fingerprint density at radius 3 is 2.30 bits per heavy atom. The first-order valence-electron chi connectivity index (χ1n) is 6.65. The summed E-state index contributed by atoms with van der Waals surface area (Å²) in [6.07, 6.45) is 0. The second-order valence-electron chi connectivity index (χ2n) is 6.20. The zero-order valence-corrected chi connectivity index (χ0v) is 13.7. The number of hydrogen-bond donors (Lipinski definition) is 2. The summed E-state index contributed by atoms with van der Waals surface area (Å²) in [5.41, 5.74) is 0.896. The monoisotopic (exact) mass is 297 g/mol. The Kier molecular flexibility index (Phi) is 5.28. The van der Waals surface area contributed by atoms with Crippen LogP contribution in [-0.2, 0) is 15.0 Å². The third-order valence-electron chi connectivity index (χ3n) is 2.81. The minimum absolute atomic E-state index is 0.0148. The highest BCUT2D eigenvalue weighted by Crippen LogP contribution is 2.26. The molecule has 0 aliphatic carbocycles. The van der Waals surface area contributed by atoms with Crippen molar-refractivity contribution in [2.24, 2.45) is 5.92 Å². The molecular formula is C14H23N3O2S. The third kappa shape index (κ3) is 4.59. The molecule has 1 aromatic heterocycles. The fraction of sp³-hybridized carbons (Fsp3) is 0.643. The standard InChI is InChI=1S/C14H23N3O2S/c1-8(2)11(15-9(3)18)12(19)17-13-16-10(7-20-13)14(4,5)6/h7-8,11H,1-6H3,(H,15,18)(H,16,17,19). The van der Waals surface area contributed by atoms with Crippen LogP contribution in [0.3, 0.4) is 0 Å². The van der Waals surface area contributed by atoms with Gasteiger partial charge >= 0.3 is 0 Å². The van der Waals surface area contributed by atoms with E-state index in [-0.39, 0.29) is 23.1 Å². The Morgan fingerprint density at radius 1 is 1.30 bits per heavy atom. The summed E-state index contributed by atoms with van der Waals surface area (Å²) >= 11 is 1.40. The SMILES string of the molecule is CC(=O)NC(C(=O)Nc1nc(C(C)(C)C)cs1)C(C)C. The average Bonchev–Trinajstić information content (AvgIpc) is 2.73. The average molecular weight is 297 g/mol. The van der Waals surface area contributed by atoms with E-state index in [4.69, 9.17) is 0 Å². The molecule has 0 fully saturated rings. The normalized spacial score (nSPS) is 13.2. The van der Waals surface area contributed by atoms with E-state index in [2.05, 4.69) is 36.4 Å². The Bertz CT molecular complexity index is 489. The lowest BCUT2D eigenvalue weighted by atomic mass is 9.93. The highest BCUT2D eigenvalue weighted by Gasteiger charge is 2.24. The van der Waals surface area contributed by atoms with Crippen LogP contribution in [0.1, 0.15) is 47.2 Å². The van der Waals surface area contributed by atoms with Crippen LogP contribution in [0.5, 0.6) is 0 Å². The van der Waals surface area contributed by atoms with E-state index in [0.29, 0.717) is 5.13 Å². The lowest BCUT2D eigenvalue weighted by Gasteiger charge is -2.20. The van der Waals surface area contributed by atoms with Crippen molar-refractivity contribution in [3.05, 3.63) is 11.1 Å². The van der Waals surface area contributed by atoms with Crippen LogP contribution in [0.25, 0.3) is 0 Å². The first-order chi connectivity index (χ1) is 9.11. The number of hydrogen-bond acceptors (Lipinski definition) is 4. The van der Waals surface area contributed by atoms with E-state index in [1.807, 2.05) is 19.2 Å². The van der Waals surface area contributed by atoms with E-state index in [1.54, 1.807) is 0 Å². The van der Waals surface area contributed by atoms with Crippen LogP contribution < -0.4 is 10.6 Å². The number of thiazole rings is 1. The number of carbonyl (C=O) groups excluding carboxylic acids is 2. The molecule has 0 saturated carbocycles. The molecule has 1 aromatic rings. The topological polar surface area (TPSA) is 71.1 Å². The molecule has 1 atom stereocenters. The van der Waals surface area contributed by atoms with Gasteiger partial charge < -0.3 is 10.6 Å². The molecule has 20 heavy (non-hydrogen) atoms. The predicted molar refractivity (Wildman–Crippen MR) is 81.9 cm³/mol. The molecule has 0 aromatic carbocycles. The van der Waals surface area contributed by atoms with Gasteiger partial charge in [0.2, 0.25) is 11.8 Å². The van der Waals surface area contributed by atoms with Crippen LogP contribution in [0, 0.1) is 5.92 Å². The zero-order valence-electron chi connectivity index (χ0n) is 12.9. The third-order valence-corrected chi connectivity index (χ3v) is 3.57. The van der Waals surface area contributed by atoms with E-state index in [1.165, 1.54) is 18.3 Å². The van der Waals surface area contributed by atoms with Gasteiger partial charge in [0, 0.05) is 17.7 Å². The molecule has 0 bridgehead atoms. The van der Waals surface area contributed by atoms with Crippen LogP contribution in [0.15, 0.2) is 5.38 Å². The minimum atomic E-state index is -0.547. The van der Waals surface area contributed by atoms with Gasteiger partial charge in [-0.3, -0.25) is 9.59 Å². The minimum Gasteiger partial charge on any atom is -0.344 e. The first kappa shape index (κ1) is 16.6. The second kappa shape index (κ2) is 6.35. The Labute approximate surface area is 124 Å². The van der Waals surface area contributed by atoms with Crippen molar-refractivity contribution in [1.82, 2.24) is 10.3 Å². The van der Waals surface area contributed by atoms with E-state index < -0.39 is 6.04 Å². The number of aromatic nitrogens is 1. The van der Waals surface area contributed by atoms with Crippen molar-refractivity contribution in [1.29, 1.82) is 0 Å². The summed E-state index contributed by atoms with van der Waals surface area (Å²) in [6, 6.07) is -0.547. The molecule has 0 spiro atoms. The highest BCUT2D eigenvalue weighted by atomic mass is 32.1. The van der Waals surface area contributed by atoms with Crippen molar-refractivity contribution in [2.75, 3.05) is 5.32 Å². The van der Waals surface area contributed by atoms with Gasteiger partial charge in [0.1, 0.15) is 6.04 Å². The Balaban J connectivity index is 2.78. The van der Waals surface area contributed by atoms with Crippen LogP contribution >= 0.6 is 11.3 Å². The molecule has 112 valence electrons. The molecule has 1 unspecified atom stereocenters. The number of rotatable bonds is 4. The van der Waals surface area contributed by atoms with Crippen molar-refractivity contribution in [2.45, 2.75) is 53.0 Å². The summed E-state index contributed by atoms with van der Waals surface area (Å²) in [7, 11) is 0. The van der Waals surface area contributed by atoms with Gasteiger partial charge in [-0.15, -0.1) is 11.3 Å². The fourth-order valence-corrected chi connectivity index (χ4v) is 2.55. The zero-order chi connectivity index (χ0) is 15.5. The molecule has 2 amide bonds. The fourth-order valence-electron chi connectivity index (χ4n) is 1.61. The van der Waals surface area contributed by atoms with Crippen molar-refractivity contribution < 1.29 is 9.59 Å². The molecule has 5 nitrogen and oxygen atoms in total. The van der Waals surface area contributed by atoms with Gasteiger partial charge in [-0.25, -0.2) is 4.98 Å². The van der Waals surface area contributed by atoms with Crippen molar-refractivity contribution >= 4 is 28.3 Å². The maximum absolute atomic E-state index is 12.2. The summed E-state index contributed by atoms with van der Waals surface area (Å²) < 4.78 is 0. The molecule has 1 rings (SSSR count). The molecular weight excluding hydrogens is 274 g/mol. The summed E-state index contributed by atoms with van der Waals surface area (Å²) in [6.45, 7) is 11.4. The maximum atomic E-state index is 12.2. The molecule has 0 radical (unpaired) electrons. The van der Waals surface area contributed by atoms with Gasteiger partial charge in [0.25, 0.3) is 0 Å². The first-order valence-corrected chi connectivity index (χ1v) is 7.53. The van der Waals surface area contributed by atoms with Gasteiger partial charge in [0.05, 0.1) is 5.69 Å². The maximum Gasteiger partial charge on any atom is 0.248 e. The number of carbonyl (C=O) groups is 2. The lowest BCUT2D eigenvalue weighted by Crippen LogP contribution is -2.46. The predicted octanol–water partition coefficient (Wildman–Crippen LogP) is 2.54. The number of amides is 2. The van der Waals surface area contributed by atoms with Gasteiger partial charge in [-0.1, -0.05) is 34.6 Å². The molecule has 0 saturated heterocycles. The van der Waals surface area contributed by atoms with Gasteiger partial charge in [0.15, 0.2) is 5.13 Å². The smallest absolute Gasteiger partial charge is 0.248 e. The Hall–Kier alpha value is -1.43. The molecule has 6 heteroatoms. The molecule has 0 aliphatic rings. The van der Waals surface area contributed by atoms with Crippen LogP contribution in [0.2, 0.25) is 0 Å². The summed E-state index contributed by atoms with van der Waals surface area (Å²) in [5.74, 6) is -0.431. The number of nitrogens with one attached hydrogen (secondary N) is 2. The van der Waals surface area contributed by atoms with Gasteiger partial charge in [-0.2, -0.15) is 0 Å². The molecule has 1 heterocycles. The van der Waals surface area contributed by atoms with Crippen LogP contribution in [0.4, 0.5) is 5.13 Å². The number of nitrogens with zero attached hydrogens (tertiary/aromatic N) is 1. The number of anilines is 1. The summed E-state index contributed by atoms with van der Waals surface area (Å²) in [5, 5.41) is 7.95. The molecule has 0 aliphatic heterocycles. The molecule has 2 N–H and O–H groups in total. The summed E-state index contributed by atoms with van der Waals surface area (Å²) in [4.78, 5) is 27.8. The van der Waals surface area contributed by atoms with Crippen molar-refractivity contribution in [3.8, 4) is 0 Å². The lowest BCUT2D eigenvalue weighted by molar-refractivity contribution is -0.126. The van der Waals surface area contributed by atoms with E-state index in [0.717, 1.165) is 5.69 Å².